The van der Waals surface area contributed by atoms with Gasteiger partial charge in [0.05, 0.1) is 25.5 Å². The third kappa shape index (κ3) is 3.01. The Bertz CT molecular complexity index is 350. The molecule has 1 rings (SSSR count). The van der Waals surface area contributed by atoms with Gasteiger partial charge in [0.15, 0.2) is 5.75 Å². The predicted octanol–water partition coefficient (Wildman–Crippen LogP) is 1.23. The summed E-state index contributed by atoms with van der Waals surface area (Å²) in [5.41, 5.74) is 3.75. The van der Waals surface area contributed by atoms with Crippen molar-refractivity contribution in [2.45, 2.75) is 45.4 Å². The highest BCUT2D eigenvalue weighted by Crippen LogP contribution is 2.29. The van der Waals surface area contributed by atoms with E-state index in [4.69, 9.17) is 15.3 Å². The van der Waals surface area contributed by atoms with E-state index in [0.29, 0.717) is 0 Å². The maximum Gasteiger partial charge on any atom is 0.161 e. The minimum Gasteiger partial charge on any atom is -0.493 e. The molecule has 1 heterocycles. The summed E-state index contributed by atoms with van der Waals surface area (Å²) < 4.78 is 12.8. The highest BCUT2D eigenvalue weighted by atomic mass is 16.5. The van der Waals surface area contributed by atoms with Gasteiger partial charge in [-0.05, 0) is 12.8 Å². The fraction of sp³-hybridized carbons (Fsp3) is 0.750. The number of nitrogens with two attached hydrogens (primary N) is 1. The number of hydrogen-bond donors (Lipinski definition) is 2. The van der Waals surface area contributed by atoms with E-state index in [0.717, 1.165) is 30.8 Å². The Morgan fingerprint density at radius 1 is 1.44 bits per heavy atom. The van der Waals surface area contributed by atoms with Gasteiger partial charge in [-0.2, -0.15) is 5.10 Å². The van der Waals surface area contributed by atoms with Crippen LogP contribution in [0.5, 0.6) is 5.75 Å². The van der Waals surface area contributed by atoms with E-state index in [1.165, 1.54) is 0 Å². The Balaban J connectivity index is 3.12. The van der Waals surface area contributed by atoms with Crippen LogP contribution in [0.15, 0.2) is 6.20 Å². The number of aromatic nitrogens is 2. The lowest BCUT2D eigenvalue weighted by molar-refractivity contribution is 0.0613. The second-order valence-electron chi connectivity index (χ2n) is 4.15. The number of nitrogens with one attached hydrogen (secondary N) is 1. The van der Waals surface area contributed by atoms with Crippen molar-refractivity contribution < 1.29 is 9.47 Å². The maximum absolute atomic E-state index is 5.68. The molecule has 0 aliphatic carbocycles. The Kier molecular flexibility index (Phi) is 6.11. The van der Waals surface area contributed by atoms with Crippen LogP contribution in [0.4, 0.5) is 0 Å². The van der Waals surface area contributed by atoms with Gasteiger partial charge in [0, 0.05) is 13.7 Å². The van der Waals surface area contributed by atoms with E-state index in [9.17, 15) is 0 Å². The molecule has 6 heteroatoms. The van der Waals surface area contributed by atoms with Crippen LogP contribution >= 0.6 is 0 Å². The van der Waals surface area contributed by atoms with Crippen molar-refractivity contribution in [3.63, 3.8) is 0 Å². The number of hydrazine groups is 1. The van der Waals surface area contributed by atoms with Gasteiger partial charge in [-0.25, -0.2) is 5.43 Å². The first-order chi connectivity index (χ1) is 8.73. The SMILES string of the molecule is CCCn1ncc(OC)c1C(NN)C(CC)OC. The number of methoxy groups -OCH3 is 2. The molecule has 3 N–H and O–H groups in total. The van der Waals surface area contributed by atoms with Crippen LogP contribution < -0.4 is 16.0 Å². The summed E-state index contributed by atoms with van der Waals surface area (Å²) in [7, 11) is 3.32. The fourth-order valence-corrected chi connectivity index (χ4v) is 2.14. The topological polar surface area (TPSA) is 74.3 Å². The molecule has 0 spiro atoms. The van der Waals surface area contributed by atoms with E-state index in [2.05, 4.69) is 24.4 Å². The lowest BCUT2D eigenvalue weighted by Gasteiger charge is -2.25. The van der Waals surface area contributed by atoms with Crippen LogP contribution in [-0.2, 0) is 11.3 Å². The molecule has 2 unspecified atom stereocenters. The molecule has 1 aromatic heterocycles. The molecule has 0 amide bonds. The summed E-state index contributed by atoms with van der Waals surface area (Å²) >= 11 is 0. The van der Waals surface area contributed by atoms with Gasteiger partial charge >= 0.3 is 0 Å². The van der Waals surface area contributed by atoms with Gasteiger partial charge < -0.3 is 9.47 Å². The van der Waals surface area contributed by atoms with E-state index in [1.54, 1.807) is 20.4 Å². The van der Waals surface area contributed by atoms with Crippen LogP contribution in [0.3, 0.4) is 0 Å². The van der Waals surface area contributed by atoms with Gasteiger partial charge in [-0.15, -0.1) is 0 Å². The summed E-state index contributed by atoms with van der Waals surface area (Å²) in [5, 5.41) is 4.34. The quantitative estimate of drug-likeness (QED) is 0.540. The summed E-state index contributed by atoms with van der Waals surface area (Å²) in [5.74, 6) is 6.42. The molecular formula is C12H24N4O2. The molecule has 1 aromatic rings. The second-order valence-corrected chi connectivity index (χ2v) is 4.15. The molecule has 0 aliphatic rings. The zero-order chi connectivity index (χ0) is 13.5. The van der Waals surface area contributed by atoms with E-state index in [1.807, 2.05) is 4.68 Å². The van der Waals surface area contributed by atoms with Crippen LogP contribution in [0.1, 0.15) is 38.4 Å². The first-order valence-electron chi connectivity index (χ1n) is 6.31. The van der Waals surface area contributed by atoms with Gasteiger partial charge in [0.25, 0.3) is 0 Å². The first kappa shape index (κ1) is 14.9. The molecular weight excluding hydrogens is 232 g/mol. The zero-order valence-corrected chi connectivity index (χ0v) is 11.6. The molecule has 0 saturated carbocycles. The lowest BCUT2D eigenvalue weighted by atomic mass is 10.0. The lowest BCUT2D eigenvalue weighted by Crippen LogP contribution is -2.39. The third-order valence-corrected chi connectivity index (χ3v) is 3.05. The van der Waals surface area contributed by atoms with Crippen LogP contribution in [0.25, 0.3) is 0 Å². The summed E-state index contributed by atoms with van der Waals surface area (Å²) in [6.07, 6.45) is 3.55. The number of ether oxygens (including phenoxy) is 2. The van der Waals surface area contributed by atoms with Crippen LogP contribution in [-0.4, -0.2) is 30.1 Å². The Hall–Kier alpha value is -1.11. The second kappa shape index (κ2) is 7.35. The number of nitrogens with zero attached hydrogens (tertiary/aromatic N) is 2. The fourth-order valence-electron chi connectivity index (χ4n) is 2.14. The molecule has 0 fully saturated rings. The molecule has 0 radical (unpaired) electrons. The number of aryl methyl sites for hydroxylation is 1. The van der Waals surface area contributed by atoms with Gasteiger partial charge in [-0.3, -0.25) is 10.5 Å². The van der Waals surface area contributed by atoms with Crippen molar-refractivity contribution >= 4 is 0 Å². The van der Waals surface area contributed by atoms with E-state index in [-0.39, 0.29) is 12.1 Å². The molecule has 0 bridgehead atoms. The van der Waals surface area contributed by atoms with Crippen molar-refractivity contribution in [2.24, 2.45) is 5.84 Å². The Morgan fingerprint density at radius 3 is 2.61 bits per heavy atom. The monoisotopic (exact) mass is 256 g/mol. The molecule has 0 saturated heterocycles. The number of hydrogen-bond acceptors (Lipinski definition) is 5. The maximum atomic E-state index is 5.68. The third-order valence-electron chi connectivity index (χ3n) is 3.05. The van der Waals surface area contributed by atoms with Crippen molar-refractivity contribution in [1.29, 1.82) is 0 Å². The summed E-state index contributed by atoms with van der Waals surface area (Å²) in [4.78, 5) is 0. The van der Waals surface area contributed by atoms with Crippen molar-refractivity contribution in [3.05, 3.63) is 11.9 Å². The molecule has 18 heavy (non-hydrogen) atoms. The normalized spacial score (nSPS) is 14.5. The smallest absolute Gasteiger partial charge is 0.161 e. The molecule has 6 nitrogen and oxygen atoms in total. The average Bonchev–Trinajstić information content (AvgIpc) is 2.79. The highest BCUT2D eigenvalue weighted by Gasteiger charge is 2.27. The van der Waals surface area contributed by atoms with Crippen molar-refractivity contribution in [3.8, 4) is 5.75 Å². The zero-order valence-electron chi connectivity index (χ0n) is 11.6. The first-order valence-corrected chi connectivity index (χ1v) is 6.31. The Labute approximate surface area is 108 Å². The van der Waals surface area contributed by atoms with Crippen LogP contribution in [0.2, 0.25) is 0 Å². The van der Waals surface area contributed by atoms with Crippen molar-refractivity contribution in [2.75, 3.05) is 14.2 Å². The molecule has 2 atom stereocenters. The predicted molar refractivity (Wildman–Crippen MR) is 70.2 cm³/mol. The molecule has 0 aliphatic heterocycles. The van der Waals surface area contributed by atoms with Crippen LogP contribution in [0, 0.1) is 0 Å². The Morgan fingerprint density at radius 2 is 2.17 bits per heavy atom. The minimum absolute atomic E-state index is 0.0174. The summed E-state index contributed by atoms with van der Waals surface area (Å²) in [6, 6.07) is -0.135. The number of rotatable bonds is 8. The van der Waals surface area contributed by atoms with Crippen molar-refractivity contribution in [1.82, 2.24) is 15.2 Å². The minimum atomic E-state index is -0.135. The van der Waals surface area contributed by atoms with Gasteiger partial charge in [0.1, 0.15) is 5.69 Å². The van der Waals surface area contributed by atoms with Gasteiger partial charge in [0.2, 0.25) is 0 Å². The highest BCUT2D eigenvalue weighted by molar-refractivity contribution is 5.29. The molecule has 104 valence electrons. The van der Waals surface area contributed by atoms with E-state index >= 15 is 0 Å². The van der Waals surface area contributed by atoms with Gasteiger partial charge in [-0.1, -0.05) is 13.8 Å². The standard InChI is InChI=1S/C12H24N4O2/c1-5-7-16-12(10(18-4)8-14-16)11(15-13)9(6-2)17-3/h8-9,11,15H,5-7,13H2,1-4H3. The largest absolute Gasteiger partial charge is 0.493 e. The average molecular weight is 256 g/mol. The molecule has 0 aromatic carbocycles. The van der Waals surface area contributed by atoms with E-state index < -0.39 is 0 Å². The summed E-state index contributed by atoms with van der Waals surface area (Å²) in [6.45, 7) is 5.00.